The average Bonchev–Trinajstić information content (AvgIpc) is 3.12. The fraction of sp³-hybridized carbons (Fsp3) is 0.0417. The van der Waals surface area contributed by atoms with Crippen molar-refractivity contribution in [2.75, 3.05) is 0 Å². The number of amides is 2. The molecule has 0 atom stereocenters. The maximum Gasteiger partial charge on any atom is 0.343 e. The van der Waals surface area contributed by atoms with Crippen LogP contribution in [0, 0.1) is 20.2 Å². The first-order valence-electron chi connectivity index (χ1n) is 10.3. The lowest BCUT2D eigenvalue weighted by Gasteiger charge is -2.12. The molecule has 2 amide bonds. The smallest absolute Gasteiger partial charge is 0.343 e. The van der Waals surface area contributed by atoms with E-state index < -0.39 is 27.0 Å². The second-order valence-corrected chi connectivity index (χ2v) is 8.45. The Balaban J connectivity index is 1.45. The number of nitro groups is 2. The lowest BCUT2D eigenvalue weighted by molar-refractivity contribution is -0.385. The summed E-state index contributed by atoms with van der Waals surface area (Å²) in [6, 6.07) is 16.8. The van der Waals surface area contributed by atoms with E-state index in [0.717, 1.165) is 16.7 Å². The van der Waals surface area contributed by atoms with E-state index in [0.29, 0.717) is 11.1 Å². The maximum absolute atomic E-state index is 12.8. The zero-order valence-corrected chi connectivity index (χ0v) is 19.0. The summed E-state index contributed by atoms with van der Waals surface area (Å²) in [5.74, 6) is -1.06. The van der Waals surface area contributed by atoms with E-state index in [1.807, 2.05) is 0 Å². The van der Waals surface area contributed by atoms with E-state index in [1.165, 1.54) is 66.7 Å². The van der Waals surface area contributed by atoms with Crippen molar-refractivity contribution in [2.24, 2.45) is 0 Å². The Morgan fingerprint density at radius 3 is 2.14 bits per heavy atom. The summed E-state index contributed by atoms with van der Waals surface area (Å²) >= 11 is 0.752. The van der Waals surface area contributed by atoms with E-state index in [-0.39, 0.29) is 34.1 Å². The van der Waals surface area contributed by atoms with Gasteiger partial charge in [0.25, 0.3) is 22.5 Å². The summed E-state index contributed by atoms with van der Waals surface area (Å²) < 4.78 is 5.33. The third kappa shape index (κ3) is 5.45. The average molecular weight is 505 g/mol. The number of hydrogen-bond donors (Lipinski definition) is 0. The molecule has 0 aliphatic carbocycles. The van der Waals surface area contributed by atoms with E-state index in [9.17, 15) is 34.6 Å². The predicted octanol–water partition coefficient (Wildman–Crippen LogP) is 4.96. The van der Waals surface area contributed by atoms with E-state index in [1.54, 1.807) is 12.1 Å². The fourth-order valence-electron chi connectivity index (χ4n) is 3.25. The van der Waals surface area contributed by atoms with Gasteiger partial charge >= 0.3 is 5.97 Å². The molecule has 0 spiro atoms. The Kier molecular flexibility index (Phi) is 6.88. The molecular formula is C24H15N3O8S. The second kappa shape index (κ2) is 10.2. The molecule has 0 radical (unpaired) electrons. The topological polar surface area (TPSA) is 150 Å². The molecule has 4 rings (SSSR count). The lowest BCUT2D eigenvalue weighted by Crippen LogP contribution is -2.27. The minimum absolute atomic E-state index is 0.0348. The van der Waals surface area contributed by atoms with Crippen molar-refractivity contribution in [2.45, 2.75) is 6.54 Å². The molecule has 0 saturated carbocycles. The van der Waals surface area contributed by atoms with Gasteiger partial charge in [-0.25, -0.2) is 4.79 Å². The van der Waals surface area contributed by atoms with E-state index >= 15 is 0 Å². The van der Waals surface area contributed by atoms with Crippen LogP contribution in [0.5, 0.6) is 5.75 Å². The van der Waals surface area contributed by atoms with Crippen LogP contribution in [-0.2, 0) is 11.3 Å². The monoisotopic (exact) mass is 505 g/mol. The molecule has 0 bridgehead atoms. The number of ether oxygens (including phenoxy) is 1. The molecule has 180 valence electrons. The molecule has 1 heterocycles. The Hall–Kier alpha value is -4.84. The van der Waals surface area contributed by atoms with Gasteiger partial charge in [0, 0.05) is 24.3 Å². The first-order chi connectivity index (χ1) is 17.2. The van der Waals surface area contributed by atoms with Crippen LogP contribution in [0.25, 0.3) is 6.08 Å². The number of carbonyl (C=O) groups excluding carboxylic acids is 3. The van der Waals surface area contributed by atoms with Crippen molar-refractivity contribution < 1.29 is 29.0 Å². The van der Waals surface area contributed by atoms with Crippen LogP contribution >= 0.6 is 11.8 Å². The van der Waals surface area contributed by atoms with Crippen molar-refractivity contribution in [3.63, 3.8) is 0 Å². The van der Waals surface area contributed by atoms with Gasteiger partial charge in [-0.15, -0.1) is 0 Å². The van der Waals surface area contributed by atoms with Gasteiger partial charge in [-0.05, 0) is 53.2 Å². The number of hydrogen-bond acceptors (Lipinski definition) is 9. The van der Waals surface area contributed by atoms with Gasteiger partial charge in [-0.2, -0.15) is 0 Å². The van der Waals surface area contributed by atoms with Gasteiger partial charge in [-0.3, -0.25) is 34.7 Å². The standard InChI is InChI=1S/C24H15N3O8S/c28-22-21(36-24(30)25(22)14-15-4-8-18(9-5-15)26(31)32)13-16-2-1-3-20(12-16)35-23(29)17-6-10-19(11-7-17)27(33)34/h1-13H,14H2/b21-13-. The highest BCUT2D eigenvalue weighted by Crippen LogP contribution is 2.34. The van der Waals surface area contributed by atoms with Crippen LogP contribution < -0.4 is 4.74 Å². The number of nitro benzene ring substituents is 2. The molecule has 36 heavy (non-hydrogen) atoms. The normalized spacial score (nSPS) is 14.2. The third-order valence-electron chi connectivity index (χ3n) is 5.04. The van der Waals surface area contributed by atoms with Crippen molar-refractivity contribution in [3.05, 3.63) is 115 Å². The van der Waals surface area contributed by atoms with Crippen LogP contribution in [-0.4, -0.2) is 31.9 Å². The van der Waals surface area contributed by atoms with Gasteiger partial charge < -0.3 is 4.74 Å². The summed E-state index contributed by atoms with van der Waals surface area (Å²) in [5, 5.41) is 21.1. The highest BCUT2D eigenvalue weighted by Gasteiger charge is 2.35. The molecule has 12 heteroatoms. The molecule has 1 fully saturated rings. The summed E-state index contributed by atoms with van der Waals surface area (Å²) in [6.45, 7) is -0.0348. The van der Waals surface area contributed by atoms with Gasteiger partial charge in [-0.1, -0.05) is 24.3 Å². The predicted molar refractivity (Wildman–Crippen MR) is 129 cm³/mol. The summed E-state index contributed by atoms with van der Waals surface area (Å²) in [7, 11) is 0. The number of esters is 1. The Morgan fingerprint density at radius 1 is 0.917 bits per heavy atom. The number of rotatable bonds is 7. The van der Waals surface area contributed by atoms with Crippen LogP contribution in [0.3, 0.4) is 0 Å². The van der Waals surface area contributed by atoms with Crippen molar-refractivity contribution in [1.82, 2.24) is 4.90 Å². The van der Waals surface area contributed by atoms with Crippen LogP contribution in [0.2, 0.25) is 0 Å². The fourth-order valence-corrected chi connectivity index (χ4v) is 4.08. The quantitative estimate of drug-likeness (QED) is 0.143. The number of benzene rings is 3. The molecule has 3 aromatic rings. The minimum Gasteiger partial charge on any atom is -0.423 e. The van der Waals surface area contributed by atoms with Crippen molar-refractivity contribution >= 4 is 46.3 Å². The number of thioether (sulfide) groups is 1. The molecule has 0 unspecified atom stereocenters. The second-order valence-electron chi connectivity index (χ2n) is 7.46. The zero-order valence-electron chi connectivity index (χ0n) is 18.2. The molecule has 1 aliphatic rings. The highest BCUT2D eigenvalue weighted by atomic mass is 32.2. The summed E-state index contributed by atoms with van der Waals surface area (Å²) in [6.07, 6.45) is 1.49. The maximum atomic E-state index is 12.8. The van der Waals surface area contributed by atoms with E-state index in [4.69, 9.17) is 4.74 Å². The Bertz CT molecular complexity index is 1420. The van der Waals surface area contributed by atoms with Gasteiger partial charge in [0.15, 0.2) is 0 Å². The highest BCUT2D eigenvalue weighted by molar-refractivity contribution is 8.18. The number of carbonyl (C=O) groups is 3. The number of imide groups is 1. The first kappa shape index (κ1) is 24.3. The molecule has 0 aromatic heterocycles. The van der Waals surface area contributed by atoms with Gasteiger partial charge in [0.2, 0.25) is 0 Å². The number of non-ortho nitro benzene ring substituents is 2. The molecule has 0 N–H and O–H groups in total. The number of nitrogens with zero attached hydrogens (tertiary/aromatic N) is 3. The van der Waals surface area contributed by atoms with Crippen LogP contribution in [0.4, 0.5) is 16.2 Å². The molecular weight excluding hydrogens is 490 g/mol. The molecule has 1 saturated heterocycles. The minimum atomic E-state index is -0.717. The molecule has 3 aromatic carbocycles. The molecule has 11 nitrogen and oxygen atoms in total. The van der Waals surface area contributed by atoms with E-state index in [2.05, 4.69) is 0 Å². The Morgan fingerprint density at radius 2 is 1.53 bits per heavy atom. The Labute approximate surface area is 207 Å². The lowest BCUT2D eigenvalue weighted by atomic mass is 10.1. The van der Waals surface area contributed by atoms with Crippen LogP contribution in [0.15, 0.2) is 77.7 Å². The molecule has 1 aliphatic heterocycles. The third-order valence-corrected chi connectivity index (χ3v) is 5.95. The largest absolute Gasteiger partial charge is 0.423 e. The summed E-state index contributed by atoms with van der Waals surface area (Å²) in [4.78, 5) is 59.2. The zero-order chi connectivity index (χ0) is 25.8. The first-order valence-corrected chi connectivity index (χ1v) is 11.1. The van der Waals surface area contributed by atoms with Crippen molar-refractivity contribution in [1.29, 1.82) is 0 Å². The SMILES string of the molecule is O=C(Oc1cccc(/C=C2\SC(=O)N(Cc3ccc([N+](=O)[O-])cc3)C2=O)c1)c1ccc([N+](=O)[O-])cc1. The van der Waals surface area contributed by atoms with Gasteiger partial charge in [0.1, 0.15) is 5.75 Å². The summed E-state index contributed by atoms with van der Waals surface area (Å²) in [5.41, 5.74) is 0.936. The van der Waals surface area contributed by atoms with Crippen molar-refractivity contribution in [3.8, 4) is 5.75 Å². The van der Waals surface area contributed by atoms with Gasteiger partial charge in [0.05, 0.1) is 26.9 Å². The van der Waals surface area contributed by atoms with Crippen LogP contribution in [0.1, 0.15) is 21.5 Å².